The summed E-state index contributed by atoms with van der Waals surface area (Å²) < 4.78 is 34.5. The molecule has 31 heavy (non-hydrogen) atoms. The maximum absolute atomic E-state index is 12.9. The first kappa shape index (κ1) is 23.3. The maximum atomic E-state index is 12.9. The topological polar surface area (TPSA) is 90.0 Å². The summed E-state index contributed by atoms with van der Waals surface area (Å²) in [7, 11) is -3.11. The van der Waals surface area contributed by atoms with Crippen molar-refractivity contribution in [3.63, 3.8) is 0 Å². The Balaban J connectivity index is 1.57. The number of amides is 1. The van der Waals surface area contributed by atoms with Crippen LogP contribution in [0.15, 0.2) is 30.3 Å². The highest BCUT2D eigenvalue weighted by atomic mass is 32.2. The molecule has 170 valence electrons. The van der Waals surface area contributed by atoms with Crippen molar-refractivity contribution in [2.45, 2.75) is 57.5 Å². The van der Waals surface area contributed by atoms with E-state index in [0.29, 0.717) is 13.0 Å². The van der Waals surface area contributed by atoms with Gasteiger partial charge in [-0.1, -0.05) is 31.4 Å². The number of benzene rings is 1. The zero-order valence-corrected chi connectivity index (χ0v) is 18.8. The second kappa shape index (κ2) is 10.8. The van der Waals surface area contributed by atoms with Gasteiger partial charge in [-0.3, -0.25) is 4.79 Å². The molecule has 1 unspecified atom stereocenters. The van der Waals surface area contributed by atoms with Crippen molar-refractivity contribution >= 4 is 27.8 Å². The molecule has 2 fully saturated rings. The molecule has 0 aromatic heterocycles. The summed E-state index contributed by atoms with van der Waals surface area (Å²) in [5.41, 5.74) is 0.812. The predicted molar refractivity (Wildman–Crippen MR) is 118 cm³/mol. The molecule has 1 heterocycles. The second-order valence-electron chi connectivity index (χ2n) is 8.09. The van der Waals surface area contributed by atoms with Crippen molar-refractivity contribution in [1.29, 1.82) is 0 Å². The van der Waals surface area contributed by atoms with Gasteiger partial charge in [0.15, 0.2) is 16.4 Å². The Kier molecular flexibility index (Phi) is 8.12. The van der Waals surface area contributed by atoms with Gasteiger partial charge < -0.3 is 14.4 Å². The molecule has 1 saturated carbocycles. The summed E-state index contributed by atoms with van der Waals surface area (Å²) >= 11 is 0. The molecule has 8 heteroatoms. The molecular weight excluding hydrogens is 418 g/mol. The average molecular weight is 450 g/mol. The third-order valence-corrected chi connectivity index (χ3v) is 7.55. The van der Waals surface area contributed by atoms with Crippen molar-refractivity contribution in [2.75, 3.05) is 24.7 Å². The van der Waals surface area contributed by atoms with Gasteiger partial charge in [0.05, 0.1) is 18.1 Å². The molecule has 7 nitrogen and oxygen atoms in total. The average Bonchev–Trinajstić information content (AvgIpc) is 3.12. The minimum atomic E-state index is -3.11. The Hall–Kier alpha value is -2.35. The van der Waals surface area contributed by atoms with E-state index in [9.17, 15) is 18.0 Å². The van der Waals surface area contributed by atoms with E-state index in [-0.39, 0.29) is 36.1 Å². The number of carbonyl (C=O) groups is 2. The van der Waals surface area contributed by atoms with Crippen molar-refractivity contribution in [2.24, 2.45) is 0 Å². The monoisotopic (exact) mass is 449 g/mol. The lowest BCUT2D eigenvalue weighted by Crippen LogP contribution is -2.50. The fourth-order valence-corrected chi connectivity index (χ4v) is 6.03. The van der Waals surface area contributed by atoms with Crippen LogP contribution < -0.4 is 4.74 Å². The first-order chi connectivity index (χ1) is 14.9. The Labute approximate surface area is 184 Å². The van der Waals surface area contributed by atoms with Gasteiger partial charge in [0.1, 0.15) is 5.75 Å². The van der Waals surface area contributed by atoms with Crippen molar-refractivity contribution in [3.8, 4) is 5.75 Å². The van der Waals surface area contributed by atoms with Crippen LogP contribution in [-0.4, -0.2) is 62.0 Å². The minimum absolute atomic E-state index is 0.000823. The van der Waals surface area contributed by atoms with Crippen molar-refractivity contribution < 1.29 is 27.5 Å². The van der Waals surface area contributed by atoms with E-state index >= 15 is 0 Å². The second-order valence-corrected chi connectivity index (χ2v) is 10.3. The summed E-state index contributed by atoms with van der Waals surface area (Å²) in [4.78, 5) is 26.7. The van der Waals surface area contributed by atoms with E-state index in [4.69, 9.17) is 9.47 Å². The molecule has 0 spiro atoms. The van der Waals surface area contributed by atoms with Crippen LogP contribution in [0.5, 0.6) is 5.75 Å². The van der Waals surface area contributed by atoms with Gasteiger partial charge in [0.2, 0.25) is 0 Å². The van der Waals surface area contributed by atoms with Crippen LogP contribution in [0.4, 0.5) is 0 Å². The third-order valence-electron chi connectivity index (χ3n) is 5.80. The highest BCUT2D eigenvalue weighted by Gasteiger charge is 2.38. The predicted octanol–water partition coefficient (Wildman–Crippen LogP) is 2.99. The van der Waals surface area contributed by atoms with E-state index in [1.54, 1.807) is 11.0 Å². The van der Waals surface area contributed by atoms with Crippen LogP contribution in [0.25, 0.3) is 6.08 Å². The molecule has 1 aromatic rings. The molecular formula is C23H31NO6S. The zero-order chi connectivity index (χ0) is 22.3. The fraction of sp³-hybridized carbons (Fsp3) is 0.565. The number of esters is 1. The van der Waals surface area contributed by atoms with Gasteiger partial charge in [-0.25, -0.2) is 13.2 Å². The number of rotatable bonds is 8. The lowest BCUT2D eigenvalue weighted by atomic mass is 9.93. The number of ether oxygens (including phenoxy) is 2. The van der Waals surface area contributed by atoms with E-state index < -0.39 is 15.8 Å². The maximum Gasteiger partial charge on any atom is 0.331 e. The van der Waals surface area contributed by atoms with E-state index in [0.717, 1.165) is 43.4 Å². The van der Waals surface area contributed by atoms with Crippen LogP contribution in [0.3, 0.4) is 0 Å². The normalized spacial score (nSPS) is 21.1. The molecule has 1 saturated heterocycles. The highest BCUT2D eigenvalue weighted by molar-refractivity contribution is 7.91. The summed E-state index contributed by atoms with van der Waals surface area (Å²) in [5.74, 6) is -0.0502. The van der Waals surface area contributed by atoms with Gasteiger partial charge in [-0.15, -0.1) is 0 Å². The quantitative estimate of drug-likeness (QED) is 0.448. The van der Waals surface area contributed by atoms with E-state index in [1.165, 1.54) is 6.08 Å². The minimum Gasteiger partial charge on any atom is -0.494 e. The Bertz CT molecular complexity index is 887. The molecule has 1 atom stereocenters. The summed E-state index contributed by atoms with van der Waals surface area (Å²) in [6, 6.07) is 6.98. The summed E-state index contributed by atoms with van der Waals surface area (Å²) in [5, 5.41) is 0. The van der Waals surface area contributed by atoms with Crippen LogP contribution in [0, 0.1) is 0 Å². The molecule has 1 aliphatic carbocycles. The smallest absolute Gasteiger partial charge is 0.331 e. The number of carbonyl (C=O) groups excluding carboxylic acids is 2. The third kappa shape index (κ3) is 6.82. The first-order valence-corrected chi connectivity index (χ1v) is 12.8. The van der Waals surface area contributed by atoms with Gasteiger partial charge in [0.25, 0.3) is 5.91 Å². The van der Waals surface area contributed by atoms with Crippen LogP contribution in [0.2, 0.25) is 0 Å². The van der Waals surface area contributed by atoms with Gasteiger partial charge in [-0.2, -0.15) is 0 Å². The molecule has 1 amide bonds. The Morgan fingerprint density at radius 3 is 2.39 bits per heavy atom. The summed E-state index contributed by atoms with van der Waals surface area (Å²) in [6.45, 7) is 2.12. The number of nitrogens with zero attached hydrogens (tertiary/aromatic N) is 1. The SMILES string of the molecule is CCOc1ccc(/C=C/C(=O)OCC(=O)N(C2CCCCC2)C2CCS(=O)(=O)C2)cc1. The molecule has 0 radical (unpaired) electrons. The van der Waals surface area contributed by atoms with Crippen LogP contribution in [0.1, 0.15) is 51.0 Å². The van der Waals surface area contributed by atoms with Gasteiger partial charge >= 0.3 is 5.97 Å². The lowest BCUT2D eigenvalue weighted by molar-refractivity contribution is -0.151. The number of sulfone groups is 1. The van der Waals surface area contributed by atoms with Crippen molar-refractivity contribution in [1.82, 2.24) is 4.90 Å². The Morgan fingerprint density at radius 2 is 1.77 bits per heavy atom. The number of hydrogen-bond donors (Lipinski definition) is 0. The van der Waals surface area contributed by atoms with Crippen molar-refractivity contribution in [3.05, 3.63) is 35.9 Å². The molecule has 1 aromatic carbocycles. The summed E-state index contributed by atoms with van der Waals surface area (Å²) in [6.07, 6.45) is 8.28. The molecule has 2 aliphatic rings. The zero-order valence-electron chi connectivity index (χ0n) is 18.0. The first-order valence-electron chi connectivity index (χ1n) is 11.0. The highest BCUT2D eigenvalue weighted by Crippen LogP contribution is 2.28. The van der Waals surface area contributed by atoms with E-state index in [1.807, 2.05) is 31.2 Å². The van der Waals surface area contributed by atoms with Gasteiger partial charge in [0, 0.05) is 18.2 Å². The largest absolute Gasteiger partial charge is 0.494 e. The van der Waals surface area contributed by atoms with E-state index in [2.05, 4.69) is 0 Å². The lowest BCUT2D eigenvalue weighted by Gasteiger charge is -2.38. The van der Waals surface area contributed by atoms with Gasteiger partial charge in [-0.05, 0) is 50.0 Å². The van der Waals surface area contributed by atoms with Crippen LogP contribution >= 0.6 is 0 Å². The number of hydrogen-bond acceptors (Lipinski definition) is 6. The molecule has 0 N–H and O–H groups in total. The fourth-order valence-electron chi connectivity index (χ4n) is 4.32. The van der Waals surface area contributed by atoms with Crippen LogP contribution in [-0.2, 0) is 24.2 Å². The molecule has 0 bridgehead atoms. The Morgan fingerprint density at radius 1 is 1.06 bits per heavy atom. The standard InChI is InChI=1S/C23H31NO6S/c1-2-29-21-11-8-18(9-12-21)10-13-23(26)30-16-22(25)24(19-6-4-3-5-7-19)20-14-15-31(27,28)17-20/h8-13,19-20H,2-7,14-17H2,1H3/b13-10+. The molecule has 3 rings (SSSR count). The molecule has 1 aliphatic heterocycles.